The maximum atomic E-state index is 13.2. The van der Waals surface area contributed by atoms with E-state index < -0.39 is 0 Å². The summed E-state index contributed by atoms with van der Waals surface area (Å²) in [6, 6.07) is 8.44. The zero-order valence-corrected chi connectivity index (χ0v) is 15.6. The van der Waals surface area contributed by atoms with Crippen molar-refractivity contribution >= 4 is 17.7 Å². The molecule has 3 heterocycles. The van der Waals surface area contributed by atoms with E-state index in [1.807, 2.05) is 12.1 Å². The number of hydrogen-bond acceptors (Lipinski definition) is 5. The van der Waals surface area contributed by atoms with Gasteiger partial charge in [-0.1, -0.05) is 6.07 Å². The fourth-order valence-corrected chi connectivity index (χ4v) is 3.64. The molecule has 28 heavy (non-hydrogen) atoms. The summed E-state index contributed by atoms with van der Waals surface area (Å²) in [7, 11) is 1.44. The smallest absolute Gasteiger partial charge is 0.261 e. The highest BCUT2D eigenvalue weighted by Crippen LogP contribution is 2.24. The van der Waals surface area contributed by atoms with Crippen LogP contribution in [-0.4, -0.2) is 58.8 Å². The van der Waals surface area contributed by atoms with E-state index in [9.17, 15) is 14.4 Å². The second-order valence-electron chi connectivity index (χ2n) is 7.11. The van der Waals surface area contributed by atoms with Gasteiger partial charge in [0.15, 0.2) is 0 Å². The van der Waals surface area contributed by atoms with Crippen LogP contribution >= 0.6 is 0 Å². The molecule has 7 heteroatoms. The zero-order valence-electron chi connectivity index (χ0n) is 15.6. The maximum Gasteiger partial charge on any atom is 0.261 e. The predicted molar refractivity (Wildman–Crippen MR) is 101 cm³/mol. The summed E-state index contributed by atoms with van der Waals surface area (Å²) in [6.07, 6.45) is 5.33. The Kier molecular flexibility index (Phi) is 4.92. The van der Waals surface area contributed by atoms with Gasteiger partial charge in [-0.25, -0.2) is 0 Å². The SMILES string of the molecule is CN1C(=O)c2ccc(C(=O)N(Cc3cccnc3)CC3CCCO3)cc2C1=O. The van der Waals surface area contributed by atoms with Crippen molar-refractivity contribution in [3.05, 3.63) is 65.0 Å². The first-order valence-corrected chi connectivity index (χ1v) is 9.31. The molecule has 0 radical (unpaired) electrons. The van der Waals surface area contributed by atoms with Crippen LogP contribution in [0.1, 0.15) is 49.5 Å². The Hall–Kier alpha value is -3.06. The number of imide groups is 1. The lowest BCUT2D eigenvalue weighted by molar-refractivity contribution is 0.0507. The lowest BCUT2D eigenvalue weighted by atomic mass is 10.0. The number of hydrogen-bond donors (Lipinski definition) is 0. The van der Waals surface area contributed by atoms with Gasteiger partial charge in [-0.2, -0.15) is 0 Å². The van der Waals surface area contributed by atoms with Crippen molar-refractivity contribution in [1.29, 1.82) is 0 Å². The molecule has 0 bridgehead atoms. The molecule has 7 nitrogen and oxygen atoms in total. The highest BCUT2D eigenvalue weighted by Gasteiger charge is 2.34. The summed E-state index contributed by atoms with van der Waals surface area (Å²) in [6.45, 7) is 1.58. The second-order valence-corrected chi connectivity index (χ2v) is 7.11. The third kappa shape index (κ3) is 3.41. The van der Waals surface area contributed by atoms with Crippen molar-refractivity contribution in [2.75, 3.05) is 20.2 Å². The number of aromatic nitrogens is 1. The van der Waals surface area contributed by atoms with E-state index in [-0.39, 0.29) is 29.4 Å². The van der Waals surface area contributed by atoms with Crippen LogP contribution in [0.5, 0.6) is 0 Å². The predicted octanol–water partition coefficient (Wildman–Crippen LogP) is 2.13. The van der Waals surface area contributed by atoms with Crippen molar-refractivity contribution in [1.82, 2.24) is 14.8 Å². The van der Waals surface area contributed by atoms with E-state index in [4.69, 9.17) is 4.74 Å². The van der Waals surface area contributed by atoms with Gasteiger partial charge in [0.1, 0.15) is 0 Å². The molecular weight excluding hydrogens is 358 g/mol. The van der Waals surface area contributed by atoms with Crippen molar-refractivity contribution in [2.45, 2.75) is 25.5 Å². The zero-order chi connectivity index (χ0) is 19.7. The van der Waals surface area contributed by atoms with Crippen molar-refractivity contribution in [3.8, 4) is 0 Å². The average Bonchev–Trinajstić information content (AvgIpc) is 3.31. The number of ether oxygens (including phenoxy) is 1. The Morgan fingerprint density at radius 2 is 2.07 bits per heavy atom. The minimum atomic E-state index is -0.382. The van der Waals surface area contributed by atoms with E-state index in [1.54, 1.807) is 29.4 Å². The van der Waals surface area contributed by atoms with Crippen molar-refractivity contribution in [3.63, 3.8) is 0 Å². The Bertz CT molecular complexity index is 923. The molecule has 1 aromatic carbocycles. The fraction of sp³-hybridized carbons (Fsp3) is 0.333. The van der Waals surface area contributed by atoms with Gasteiger partial charge >= 0.3 is 0 Å². The molecule has 0 spiro atoms. The normalized spacial score (nSPS) is 18.5. The van der Waals surface area contributed by atoms with Crippen LogP contribution in [0.2, 0.25) is 0 Å². The third-order valence-corrected chi connectivity index (χ3v) is 5.17. The number of carbonyl (C=O) groups excluding carboxylic acids is 3. The summed E-state index contributed by atoms with van der Waals surface area (Å²) in [4.78, 5) is 44.5. The highest BCUT2D eigenvalue weighted by molar-refractivity contribution is 6.21. The van der Waals surface area contributed by atoms with E-state index in [1.165, 1.54) is 13.1 Å². The van der Waals surface area contributed by atoms with Gasteiger partial charge in [0, 0.05) is 44.7 Å². The number of fused-ring (bicyclic) bond motifs is 1. The van der Waals surface area contributed by atoms with Crippen molar-refractivity contribution < 1.29 is 19.1 Å². The Balaban J connectivity index is 1.61. The highest BCUT2D eigenvalue weighted by atomic mass is 16.5. The van der Waals surface area contributed by atoms with Gasteiger partial charge in [0.25, 0.3) is 17.7 Å². The first kappa shape index (κ1) is 18.3. The van der Waals surface area contributed by atoms with Crippen LogP contribution in [0.3, 0.4) is 0 Å². The van der Waals surface area contributed by atoms with E-state index in [2.05, 4.69) is 4.98 Å². The fourth-order valence-electron chi connectivity index (χ4n) is 3.64. The number of pyridine rings is 1. The van der Waals surface area contributed by atoms with Crippen LogP contribution < -0.4 is 0 Å². The minimum Gasteiger partial charge on any atom is -0.376 e. The lowest BCUT2D eigenvalue weighted by Gasteiger charge is -2.25. The number of rotatable bonds is 5. The standard InChI is InChI=1S/C21H21N3O4/c1-23-20(26)17-7-6-15(10-18(17)21(23)27)19(25)24(13-16-5-3-9-28-16)12-14-4-2-8-22-11-14/h2,4,6-8,10-11,16H,3,5,9,12-13H2,1H3. The summed E-state index contributed by atoms with van der Waals surface area (Å²) < 4.78 is 5.71. The molecule has 1 saturated heterocycles. The van der Waals surface area contributed by atoms with Gasteiger partial charge in [-0.05, 0) is 42.7 Å². The van der Waals surface area contributed by atoms with Crippen molar-refractivity contribution in [2.24, 2.45) is 0 Å². The van der Waals surface area contributed by atoms with Gasteiger partial charge in [-0.3, -0.25) is 24.3 Å². The van der Waals surface area contributed by atoms with Crippen LogP contribution in [-0.2, 0) is 11.3 Å². The summed E-state index contributed by atoms with van der Waals surface area (Å²) in [5.41, 5.74) is 1.91. The summed E-state index contributed by atoms with van der Waals surface area (Å²) in [5, 5.41) is 0. The molecule has 0 saturated carbocycles. The van der Waals surface area contributed by atoms with Crippen LogP contribution in [0.25, 0.3) is 0 Å². The second kappa shape index (κ2) is 7.52. The molecule has 3 amide bonds. The third-order valence-electron chi connectivity index (χ3n) is 5.17. The number of amides is 3. The van der Waals surface area contributed by atoms with E-state index >= 15 is 0 Å². The molecule has 0 aliphatic carbocycles. The largest absolute Gasteiger partial charge is 0.376 e. The van der Waals surface area contributed by atoms with E-state index in [0.29, 0.717) is 30.8 Å². The first-order valence-electron chi connectivity index (χ1n) is 9.31. The maximum absolute atomic E-state index is 13.2. The topological polar surface area (TPSA) is 79.8 Å². The number of nitrogens with zero attached hydrogens (tertiary/aromatic N) is 3. The quantitative estimate of drug-likeness (QED) is 0.744. The van der Waals surface area contributed by atoms with Crippen LogP contribution in [0.4, 0.5) is 0 Å². The molecule has 2 aromatic rings. The molecule has 4 rings (SSSR count). The molecule has 1 aromatic heterocycles. The lowest BCUT2D eigenvalue weighted by Crippen LogP contribution is -2.37. The minimum absolute atomic E-state index is 0.00407. The first-order chi connectivity index (χ1) is 13.5. The number of benzene rings is 1. The number of carbonyl (C=O) groups is 3. The van der Waals surface area contributed by atoms with Gasteiger partial charge in [0.2, 0.25) is 0 Å². The molecular formula is C21H21N3O4. The Labute approximate surface area is 162 Å². The molecule has 1 unspecified atom stereocenters. The summed E-state index contributed by atoms with van der Waals surface area (Å²) in [5.74, 6) is -0.921. The molecule has 144 valence electrons. The molecule has 1 atom stereocenters. The summed E-state index contributed by atoms with van der Waals surface area (Å²) >= 11 is 0. The van der Waals surface area contributed by atoms with Crippen LogP contribution in [0, 0.1) is 0 Å². The molecule has 0 N–H and O–H groups in total. The Morgan fingerprint density at radius 3 is 2.79 bits per heavy atom. The molecule has 2 aliphatic heterocycles. The molecule has 1 fully saturated rings. The van der Waals surface area contributed by atoms with Crippen LogP contribution in [0.15, 0.2) is 42.7 Å². The average molecular weight is 379 g/mol. The van der Waals surface area contributed by atoms with E-state index in [0.717, 1.165) is 23.3 Å². The van der Waals surface area contributed by atoms with Gasteiger partial charge < -0.3 is 9.64 Å². The molecule has 2 aliphatic rings. The Morgan fingerprint density at radius 1 is 1.25 bits per heavy atom. The van der Waals surface area contributed by atoms with Gasteiger partial charge in [-0.15, -0.1) is 0 Å². The van der Waals surface area contributed by atoms with Gasteiger partial charge in [0.05, 0.1) is 17.2 Å². The monoisotopic (exact) mass is 379 g/mol.